The fourth-order valence-corrected chi connectivity index (χ4v) is 4.92. The third kappa shape index (κ3) is 3.44. The molecule has 0 saturated heterocycles. The lowest BCUT2D eigenvalue weighted by Crippen LogP contribution is -2.45. The number of hydrogen-bond acceptors (Lipinski definition) is 2. The van der Waals surface area contributed by atoms with Crippen molar-refractivity contribution in [3.8, 4) is 0 Å². The molecular weight excluding hydrogens is 286 g/mol. The van der Waals surface area contributed by atoms with Crippen LogP contribution in [0.15, 0.2) is 47.8 Å². The summed E-state index contributed by atoms with van der Waals surface area (Å²) in [5.41, 5.74) is 1.77. The summed E-state index contributed by atoms with van der Waals surface area (Å²) in [6.45, 7) is 1.19. The summed E-state index contributed by atoms with van der Waals surface area (Å²) >= 11 is 1.94. The highest BCUT2D eigenvalue weighted by molar-refractivity contribution is 7.10. The number of thiophene rings is 1. The normalized spacial score (nSPS) is 17.7. The van der Waals surface area contributed by atoms with Gasteiger partial charge in [0, 0.05) is 4.88 Å². The van der Waals surface area contributed by atoms with Gasteiger partial charge >= 0.3 is 0 Å². The number of aryl methyl sites for hydroxylation is 1. The number of hydrogen-bond donors (Lipinski definition) is 0. The summed E-state index contributed by atoms with van der Waals surface area (Å²) in [6, 6.07) is 15.5. The molecule has 2 aromatic rings. The molecule has 1 aromatic carbocycles. The molecule has 0 bridgehead atoms. The molecule has 0 spiro atoms. The standard InChI is InChI=1S/C20H27NS/c1-21(16-8-12-18-10-4-2-5-11-18)20(14-6-3-7-15-20)19-13-9-17-22-19/h2,4-5,9-11,13,17H,3,6-8,12,14-16H2,1H3. The smallest absolute Gasteiger partial charge is 0.0551 e. The van der Waals surface area contributed by atoms with Crippen molar-refractivity contribution in [2.45, 2.75) is 50.5 Å². The van der Waals surface area contributed by atoms with Crippen molar-refractivity contribution >= 4 is 11.3 Å². The Hall–Kier alpha value is -1.12. The molecule has 0 atom stereocenters. The highest BCUT2D eigenvalue weighted by Gasteiger charge is 2.38. The highest BCUT2D eigenvalue weighted by atomic mass is 32.1. The van der Waals surface area contributed by atoms with Gasteiger partial charge in [-0.1, -0.05) is 55.7 Å². The lowest BCUT2D eigenvalue weighted by Gasteiger charge is -2.44. The Kier molecular flexibility index (Phi) is 5.32. The van der Waals surface area contributed by atoms with Crippen LogP contribution in [0.5, 0.6) is 0 Å². The van der Waals surface area contributed by atoms with Gasteiger partial charge in [0.1, 0.15) is 0 Å². The summed E-state index contributed by atoms with van der Waals surface area (Å²) in [5, 5.41) is 2.24. The molecule has 1 fully saturated rings. The first-order chi connectivity index (χ1) is 10.8. The quantitative estimate of drug-likeness (QED) is 0.683. The molecule has 0 amide bonds. The number of nitrogens with zero attached hydrogens (tertiary/aromatic N) is 1. The average Bonchev–Trinajstić information content (AvgIpc) is 3.11. The highest BCUT2D eigenvalue weighted by Crippen LogP contribution is 2.43. The summed E-state index contributed by atoms with van der Waals surface area (Å²) in [6.07, 6.45) is 9.25. The predicted octanol–water partition coefficient (Wildman–Crippen LogP) is 5.47. The van der Waals surface area contributed by atoms with Crippen LogP contribution in [-0.2, 0) is 12.0 Å². The minimum Gasteiger partial charge on any atom is -0.296 e. The van der Waals surface area contributed by atoms with Crippen molar-refractivity contribution in [1.29, 1.82) is 0 Å². The Labute approximate surface area is 139 Å². The molecule has 1 aliphatic rings. The minimum absolute atomic E-state index is 0.309. The molecule has 0 N–H and O–H groups in total. The minimum atomic E-state index is 0.309. The third-order valence-corrected chi connectivity index (χ3v) is 6.26. The molecule has 118 valence electrons. The predicted molar refractivity (Wildman–Crippen MR) is 96.5 cm³/mol. The van der Waals surface area contributed by atoms with Crippen LogP contribution < -0.4 is 0 Å². The van der Waals surface area contributed by atoms with Gasteiger partial charge in [0.25, 0.3) is 0 Å². The Morgan fingerprint density at radius 2 is 1.77 bits per heavy atom. The van der Waals surface area contributed by atoms with E-state index in [9.17, 15) is 0 Å². The van der Waals surface area contributed by atoms with E-state index in [-0.39, 0.29) is 0 Å². The van der Waals surface area contributed by atoms with E-state index >= 15 is 0 Å². The third-order valence-electron chi connectivity index (χ3n) is 5.19. The molecule has 22 heavy (non-hydrogen) atoms. The molecule has 3 rings (SSSR count). The van der Waals surface area contributed by atoms with Gasteiger partial charge in [-0.05, 0) is 56.3 Å². The largest absolute Gasteiger partial charge is 0.296 e. The molecule has 1 heterocycles. The van der Waals surface area contributed by atoms with E-state index < -0.39 is 0 Å². The molecule has 0 radical (unpaired) electrons. The van der Waals surface area contributed by atoms with E-state index in [1.807, 2.05) is 11.3 Å². The van der Waals surface area contributed by atoms with Crippen molar-refractivity contribution in [2.24, 2.45) is 0 Å². The Bertz CT molecular complexity index is 540. The molecule has 2 heteroatoms. The lowest BCUT2D eigenvalue weighted by molar-refractivity contribution is 0.0749. The molecule has 1 aliphatic carbocycles. The zero-order chi connectivity index (χ0) is 15.3. The molecule has 1 aromatic heterocycles. The monoisotopic (exact) mass is 313 g/mol. The Balaban J connectivity index is 1.64. The van der Waals surface area contributed by atoms with Crippen LogP contribution in [0.2, 0.25) is 0 Å². The van der Waals surface area contributed by atoms with Crippen LogP contribution in [0.3, 0.4) is 0 Å². The van der Waals surface area contributed by atoms with Gasteiger partial charge in [0.05, 0.1) is 5.54 Å². The summed E-state index contributed by atoms with van der Waals surface area (Å²) in [5.74, 6) is 0. The van der Waals surface area contributed by atoms with Crippen molar-refractivity contribution < 1.29 is 0 Å². The van der Waals surface area contributed by atoms with Crippen LogP contribution in [0.25, 0.3) is 0 Å². The molecule has 1 nitrogen and oxygen atoms in total. The lowest BCUT2D eigenvalue weighted by atomic mass is 9.79. The van der Waals surface area contributed by atoms with E-state index in [2.05, 4.69) is 59.8 Å². The topological polar surface area (TPSA) is 3.24 Å². The van der Waals surface area contributed by atoms with E-state index in [0.29, 0.717) is 5.54 Å². The maximum atomic E-state index is 2.65. The van der Waals surface area contributed by atoms with E-state index in [1.165, 1.54) is 57.1 Å². The maximum Gasteiger partial charge on any atom is 0.0551 e. The molecular formula is C20H27NS. The molecule has 0 unspecified atom stereocenters. The van der Waals surface area contributed by atoms with Crippen molar-refractivity contribution in [1.82, 2.24) is 4.90 Å². The van der Waals surface area contributed by atoms with E-state index in [0.717, 1.165) is 0 Å². The average molecular weight is 314 g/mol. The van der Waals surface area contributed by atoms with Crippen LogP contribution in [0.1, 0.15) is 49.0 Å². The van der Waals surface area contributed by atoms with Crippen LogP contribution in [0, 0.1) is 0 Å². The fraction of sp³-hybridized carbons (Fsp3) is 0.500. The van der Waals surface area contributed by atoms with Gasteiger partial charge in [0.15, 0.2) is 0 Å². The van der Waals surface area contributed by atoms with Crippen LogP contribution >= 0.6 is 11.3 Å². The van der Waals surface area contributed by atoms with Gasteiger partial charge in [0.2, 0.25) is 0 Å². The molecule has 1 saturated carbocycles. The van der Waals surface area contributed by atoms with E-state index in [4.69, 9.17) is 0 Å². The second kappa shape index (κ2) is 7.43. The van der Waals surface area contributed by atoms with Crippen LogP contribution in [-0.4, -0.2) is 18.5 Å². The first kappa shape index (κ1) is 15.8. The van der Waals surface area contributed by atoms with Gasteiger partial charge in [-0.15, -0.1) is 11.3 Å². The fourth-order valence-electron chi connectivity index (χ4n) is 3.88. The Morgan fingerprint density at radius 3 is 2.45 bits per heavy atom. The number of rotatable bonds is 6. The second-order valence-corrected chi connectivity index (χ2v) is 7.53. The van der Waals surface area contributed by atoms with Gasteiger partial charge in [-0.2, -0.15) is 0 Å². The van der Waals surface area contributed by atoms with Gasteiger partial charge in [-0.25, -0.2) is 0 Å². The SMILES string of the molecule is CN(CCCc1ccccc1)C1(c2cccs2)CCCCC1. The van der Waals surface area contributed by atoms with Crippen molar-refractivity contribution in [3.63, 3.8) is 0 Å². The second-order valence-electron chi connectivity index (χ2n) is 6.58. The van der Waals surface area contributed by atoms with E-state index in [1.54, 1.807) is 4.88 Å². The zero-order valence-corrected chi connectivity index (χ0v) is 14.4. The number of benzene rings is 1. The first-order valence-corrected chi connectivity index (χ1v) is 9.48. The van der Waals surface area contributed by atoms with Crippen molar-refractivity contribution in [2.75, 3.05) is 13.6 Å². The summed E-state index contributed by atoms with van der Waals surface area (Å²) < 4.78 is 0. The Morgan fingerprint density at radius 1 is 1.00 bits per heavy atom. The summed E-state index contributed by atoms with van der Waals surface area (Å²) in [7, 11) is 2.34. The first-order valence-electron chi connectivity index (χ1n) is 8.60. The van der Waals surface area contributed by atoms with Gasteiger partial charge in [-0.3, -0.25) is 4.90 Å². The van der Waals surface area contributed by atoms with Crippen LogP contribution in [0.4, 0.5) is 0 Å². The van der Waals surface area contributed by atoms with Crippen molar-refractivity contribution in [3.05, 3.63) is 58.3 Å². The molecule has 0 aliphatic heterocycles. The maximum absolute atomic E-state index is 2.65. The van der Waals surface area contributed by atoms with Gasteiger partial charge < -0.3 is 0 Å². The zero-order valence-electron chi connectivity index (χ0n) is 13.6. The summed E-state index contributed by atoms with van der Waals surface area (Å²) in [4.78, 5) is 4.23.